The van der Waals surface area contributed by atoms with Gasteiger partial charge in [-0.05, 0) is 33.8 Å². The van der Waals surface area contributed by atoms with Crippen LogP contribution in [0.2, 0.25) is 0 Å². The Bertz CT molecular complexity index is 387. The Morgan fingerprint density at radius 2 is 1.93 bits per heavy atom. The molecule has 1 rings (SSSR count). The number of aryl methyl sites for hydroxylation is 2. The van der Waals surface area contributed by atoms with E-state index in [1.165, 1.54) is 0 Å². The minimum Gasteiger partial charge on any atom is -0.371 e. The smallest absolute Gasteiger partial charge is 0.103 e. The molecule has 0 aliphatic rings. The molecule has 1 heterocycles. The first-order valence-corrected chi connectivity index (χ1v) is 5.27. The van der Waals surface area contributed by atoms with Gasteiger partial charge in [0.15, 0.2) is 0 Å². The summed E-state index contributed by atoms with van der Waals surface area (Å²) in [6, 6.07) is 4.22. The van der Waals surface area contributed by atoms with Crippen LogP contribution < -0.4 is 4.90 Å². The first-order valence-electron chi connectivity index (χ1n) is 5.27. The van der Waals surface area contributed by atoms with Crippen LogP contribution in [-0.2, 0) is 0 Å². The van der Waals surface area contributed by atoms with E-state index in [-0.39, 0.29) is 0 Å². The summed E-state index contributed by atoms with van der Waals surface area (Å²) in [4.78, 5) is 6.49. The molecule has 3 heteroatoms. The second-order valence-electron chi connectivity index (χ2n) is 3.53. The van der Waals surface area contributed by atoms with Crippen molar-refractivity contribution in [3.63, 3.8) is 0 Å². The number of aromatic nitrogens is 1. The molecule has 0 atom stereocenters. The first kappa shape index (κ1) is 11.5. The fourth-order valence-corrected chi connectivity index (χ4v) is 1.76. The van der Waals surface area contributed by atoms with Gasteiger partial charge in [-0.2, -0.15) is 5.26 Å². The van der Waals surface area contributed by atoms with Crippen molar-refractivity contribution >= 4 is 5.69 Å². The highest BCUT2D eigenvalue weighted by molar-refractivity contribution is 5.61. The molecule has 3 nitrogen and oxygen atoms in total. The Morgan fingerprint density at radius 1 is 1.33 bits per heavy atom. The van der Waals surface area contributed by atoms with Crippen LogP contribution in [0, 0.1) is 25.2 Å². The topological polar surface area (TPSA) is 39.9 Å². The molecular formula is C12H17N3. The number of anilines is 1. The molecule has 0 aliphatic heterocycles. The lowest BCUT2D eigenvalue weighted by molar-refractivity contribution is 0.858. The summed E-state index contributed by atoms with van der Waals surface area (Å²) in [6.07, 6.45) is 0. The molecule has 15 heavy (non-hydrogen) atoms. The van der Waals surface area contributed by atoms with Crippen LogP contribution in [0.3, 0.4) is 0 Å². The number of nitriles is 1. The van der Waals surface area contributed by atoms with E-state index in [1.54, 1.807) is 0 Å². The molecular weight excluding hydrogens is 186 g/mol. The van der Waals surface area contributed by atoms with Crippen LogP contribution in [0.15, 0.2) is 6.07 Å². The Labute approximate surface area is 91.4 Å². The van der Waals surface area contributed by atoms with Crippen molar-refractivity contribution in [2.75, 3.05) is 18.0 Å². The summed E-state index contributed by atoms with van der Waals surface area (Å²) in [6.45, 7) is 9.85. The molecule has 0 radical (unpaired) electrons. The maximum Gasteiger partial charge on any atom is 0.103 e. The van der Waals surface area contributed by atoms with Crippen LogP contribution in [0.1, 0.15) is 30.8 Å². The minimum atomic E-state index is 0.698. The Hall–Kier alpha value is -1.56. The summed E-state index contributed by atoms with van der Waals surface area (Å²) >= 11 is 0. The van der Waals surface area contributed by atoms with E-state index >= 15 is 0 Å². The fraction of sp³-hybridized carbons (Fsp3) is 0.500. The van der Waals surface area contributed by atoms with Gasteiger partial charge < -0.3 is 4.90 Å². The Kier molecular flexibility index (Phi) is 3.68. The zero-order valence-corrected chi connectivity index (χ0v) is 9.83. The molecule has 0 aliphatic carbocycles. The van der Waals surface area contributed by atoms with Crippen LogP contribution >= 0.6 is 0 Å². The standard InChI is InChI=1S/C12H17N3/c1-5-15(6-2)12-7-9(3)14-10(4)11(12)8-13/h7H,5-6H2,1-4H3. The quantitative estimate of drug-likeness (QED) is 0.757. The molecule has 80 valence electrons. The van der Waals surface area contributed by atoms with Crippen molar-refractivity contribution < 1.29 is 0 Å². The maximum atomic E-state index is 9.11. The van der Waals surface area contributed by atoms with Crippen LogP contribution in [0.5, 0.6) is 0 Å². The van der Waals surface area contributed by atoms with E-state index in [9.17, 15) is 0 Å². The second kappa shape index (κ2) is 4.79. The lowest BCUT2D eigenvalue weighted by atomic mass is 10.1. The lowest BCUT2D eigenvalue weighted by Crippen LogP contribution is -2.23. The van der Waals surface area contributed by atoms with Gasteiger partial charge in [0.05, 0.1) is 16.9 Å². The lowest BCUT2D eigenvalue weighted by Gasteiger charge is -2.23. The van der Waals surface area contributed by atoms with Crippen molar-refractivity contribution in [1.29, 1.82) is 5.26 Å². The molecule has 0 saturated heterocycles. The highest BCUT2D eigenvalue weighted by Gasteiger charge is 2.12. The predicted octanol–water partition coefficient (Wildman–Crippen LogP) is 2.42. The van der Waals surface area contributed by atoms with E-state index in [4.69, 9.17) is 5.26 Å². The zero-order valence-electron chi connectivity index (χ0n) is 9.83. The molecule has 0 aromatic carbocycles. The molecule has 0 saturated carbocycles. The predicted molar refractivity (Wildman–Crippen MR) is 62.0 cm³/mol. The molecule has 0 bridgehead atoms. The SMILES string of the molecule is CCN(CC)c1cc(C)nc(C)c1C#N. The van der Waals surface area contributed by atoms with Gasteiger partial charge in [-0.15, -0.1) is 0 Å². The average molecular weight is 203 g/mol. The van der Waals surface area contributed by atoms with Gasteiger partial charge in [0, 0.05) is 18.8 Å². The van der Waals surface area contributed by atoms with Crippen molar-refractivity contribution in [3.8, 4) is 6.07 Å². The Morgan fingerprint density at radius 3 is 2.40 bits per heavy atom. The monoisotopic (exact) mass is 203 g/mol. The summed E-state index contributed by atoms with van der Waals surface area (Å²) in [7, 11) is 0. The third-order valence-electron chi connectivity index (χ3n) is 2.52. The van der Waals surface area contributed by atoms with Crippen LogP contribution in [0.25, 0.3) is 0 Å². The molecule has 0 fully saturated rings. The highest BCUT2D eigenvalue weighted by Crippen LogP contribution is 2.22. The molecule has 1 aromatic rings. The number of hydrogen-bond acceptors (Lipinski definition) is 3. The third-order valence-corrected chi connectivity index (χ3v) is 2.52. The molecule has 1 aromatic heterocycles. The van der Waals surface area contributed by atoms with Crippen molar-refractivity contribution in [2.24, 2.45) is 0 Å². The van der Waals surface area contributed by atoms with Gasteiger partial charge >= 0.3 is 0 Å². The minimum absolute atomic E-state index is 0.698. The highest BCUT2D eigenvalue weighted by atomic mass is 15.1. The number of nitrogens with zero attached hydrogens (tertiary/aromatic N) is 3. The summed E-state index contributed by atoms with van der Waals surface area (Å²) < 4.78 is 0. The maximum absolute atomic E-state index is 9.11. The summed E-state index contributed by atoms with van der Waals surface area (Å²) in [5.41, 5.74) is 3.49. The molecule has 0 spiro atoms. The molecule has 0 unspecified atom stereocenters. The number of rotatable bonds is 3. The van der Waals surface area contributed by atoms with Gasteiger partial charge in [0.1, 0.15) is 6.07 Å². The van der Waals surface area contributed by atoms with Crippen molar-refractivity contribution in [1.82, 2.24) is 4.98 Å². The Balaban J connectivity index is 3.32. The average Bonchev–Trinajstić information content (AvgIpc) is 2.19. The van der Waals surface area contributed by atoms with Gasteiger partial charge in [-0.25, -0.2) is 0 Å². The summed E-state index contributed by atoms with van der Waals surface area (Å²) in [5.74, 6) is 0. The van der Waals surface area contributed by atoms with Gasteiger partial charge in [-0.1, -0.05) is 0 Å². The van der Waals surface area contributed by atoms with Crippen molar-refractivity contribution in [3.05, 3.63) is 23.0 Å². The third kappa shape index (κ3) is 2.27. The van der Waals surface area contributed by atoms with Crippen LogP contribution in [0.4, 0.5) is 5.69 Å². The molecule has 0 amide bonds. The summed E-state index contributed by atoms with van der Waals surface area (Å²) in [5, 5.41) is 9.11. The van der Waals surface area contributed by atoms with Gasteiger partial charge in [0.25, 0.3) is 0 Å². The first-order chi connectivity index (χ1) is 7.13. The largest absolute Gasteiger partial charge is 0.371 e. The molecule has 0 N–H and O–H groups in total. The van der Waals surface area contributed by atoms with Gasteiger partial charge in [-0.3, -0.25) is 4.98 Å². The number of hydrogen-bond donors (Lipinski definition) is 0. The van der Waals surface area contributed by atoms with Gasteiger partial charge in [0.2, 0.25) is 0 Å². The van der Waals surface area contributed by atoms with E-state index in [1.807, 2.05) is 19.9 Å². The number of pyridine rings is 1. The van der Waals surface area contributed by atoms with E-state index in [0.29, 0.717) is 5.56 Å². The fourth-order valence-electron chi connectivity index (χ4n) is 1.76. The zero-order chi connectivity index (χ0) is 11.4. The second-order valence-corrected chi connectivity index (χ2v) is 3.53. The van der Waals surface area contributed by atoms with E-state index in [0.717, 1.165) is 30.2 Å². The van der Waals surface area contributed by atoms with Crippen molar-refractivity contribution in [2.45, 2.75) is 27.7 Å². The normalized spacial score (nSPS) is 9.80. The van der Waals surface area contributed by atoms with E-state index < -0.39 is 0 Å². The van der Waals surface area contributed by atoms with E-state index in [2.05, 4.69) is 29.8 Å². The van der Waals surface area contributed by atoms with Crippen LogP contribution in [-0.4, -0.2) is 18.1 Å².